The van der Waals surface area contributed by atoms with Gasteiger partial charge in [0.05, 0.1) is 16.7 Å². The number of aryl methyl sites for hydroxylation is 3. The van der Waals surface area contributed by atoms with Gasteiger partial charge in [-0.25, -0.2) is 4.79 Å². The fourth-order valence-electron chi connectivity index (χ4n) is 3.04. The molecule has 0 saturated carbocycles. The molecule has 0 aliphatic carbocycles. The van der Waals surface area contributed by atoms with Crippen molar-refractivity contribution in [3.8, 4) is 0 Å². The van der Waals surface area contributed by atoms with Crippen LogP contribution in [0, 0.1) is 20.8 Å². The highest BCUT2D eigenvalue weighted by atomic mass is 32.1. The zero-order valence-corrected chi connectivity index (χ0v) is 13.4. The van der Waals surface area contributed by atoms with Crippen molar-refractivity contribution in [3.05, 3.63) is 34.0 Å². The maximum Gasteiger partial charge on any atom is 0.322 e. The molecule has 1 saturated heterocycles. The van der Waals surface area contributed by atoms with Crippen LogP contribution in [0.5, 0.6) is 0 Å². The Morgan fingerprint density at radius 3 is 2.86 bits per heavy atom. The van der Waals surface area contributed by atoms with E-state index in [4.69, 9.17) is 0 Å². The first-order chi connectivity index (χ1) is 10.1. The van der Waals surface area contributed by atoms with Crippen molar-refractivity contribution in [1.29, 1.82) is 0 Å². The summed E-state index contributed by atoms with van der Waals surface area (Å²) in [4.78, 5) is 15.7. The predicted molar refractivity (Wildman–Crippen MR) is 84.8 cm³/mol. The third-order valence-corrected chi connectivity index (χ3v) is 4.92. The molecule has 112 valence electrons. The molecule has 0 spiro atoms. The molecule has 2 aromatic rings. The summed E-state index contributed by atoms with van der Waals surface area (Å²) in [5, 5.41) is 11.2. The Balaban J connectivity index is 1.79. The molecule has 3 rings (SSSR count). The molecule has 1 fully saturated rings. The van der Waals surface area contributed by atoms with Crippen molar-refractivity contribution < 1.29 is 4.79 Å². The number of anilines is 1. The second-order valence-corrected chi connectivity index (χ2v) is 6.83. The fourth-order valence-corrected chi connectivity index (χ4v) is 3.80. The summed E-state index contributed by atoms with van der Waals surface area (Å²) >= 11 is 1.60. The van der Waals surface area contributed by atoms with E-state index in [0.29, 0.717) is 0 Å². The van der Waals surface area contributed by atoms with Gasteiger partial charge in [0.15, 0.2) is 0 Å². The molecule has 1 atom stereocenters. The molecule has 0 radical (unpaired) electrons. The van der Waals surface area contributed by atoms with Crippen LogP contribution in [-0.2, 0) is 0 Å². The third kappa shape index (κ3) is 2.68. The molecular weight excluding hydrogens is 284 g/mol. The number of aromatic nitrogens is 2. The van der Waals surface area contributed by atoms with E-state index in [1.165, 1.54) is 10.4 Å². The molecular formula is C15H20N4OS. The Hall–Kier alpha value is -1.82. The van der Waals surface area contributed by atoms with Crippen LogP contribution in [0.3, 0.4) is 0 Å². The number of likely N-dealkylation sites (tertiary alicyclic amines) is 1. The Bertz CT molecular complexity index is 641. The monoisotopic (exact) mass is 304 g/mol. The number of rotatable bonds is 2. The van der Waals surface area contributed by atoms with Gasteiger partial charge in [-0.1, -0.05) is 0 Å². The molecule has 0 bridgehead atoms. The molecule has 0 aromatic carbocycles. The number of carbonyl (C=O) groups is 1. The summed E-state index contributed by atoms with van der Waals surface area (Å²) in [6.07, 6.45) is 2.03. The van der Waals surface area contributed by atoms with Gasteiger partial charge < -0.3 is 4.90 Å². The number of urea groups is 1. The second-order valence-electron chi connectivity index (χ2n) is 5.54. The van der Waals surface area contributed by atoms with Crippen molar-refractivity contribution in [3.63, 3.8) is 0 Å². The number of carbonyl (C=O) groups excluding carboxylic acids is 1. The highest BCUT2D eigenvalue weighted by molar-refractivity contribution is 7.16. The summed E-state index contributed by atoms with van der Waals surface area (Å²) in [7, 11) is 0. The van der Waals surface area contributed by atoms with E-state index in [-0.39, 0.29) is 12.1 Å². The number of H-pyrrole nitrogens is 1. The van der Waals surface area contributed by atoms with E-state index in [2.05, 4.69) is 15.5 Å². The molecule has 1 aliphatic rings. The van der Waals surface area contributed by atoms with Crippen LogP contribution in [0.15, 0.2) is 12.1 Å². The van der Waals surface area contributed by atoms with Crippen molar-refractivity contribution in [2.45, 2.75) is 39.7 Å². The number of nitrogens with one attached hydrogen (secondary N) is 2. The quantitative estimate of drug-likeness (QED) is 0.887. The van der Waals surface area contributed by atoms with Gasteiger partial charge in [-0.15, -0.1) is 11.3 Å². The summed E-state index contributed by atoms with van der Waals surface area (Å²) in [6, 6.07) is 4.09. The standard InChI is InChI=1S/C15H20N4OS/c1-9-6-7-13(21-9)16-15(20)19-8-4-5-12(19)14-10(2)17-18-11(14)3/h6-7,12H,4-5,8H2,1-3H3,(H,16,20)(H,17,18). The molecule has 2 amide bonds. The van der Waals surface area contributed by atoms with Crippen LogP contribution in [-0.4, -0.2) is 27.7 Å². The van der Waals surface area contributed by atoms with Crippen molar-refractivity contribution in [2.75, 3.05) is 11.9 Å². The molecule has 2 aromatic heterocycles. The van der Waals surface area contributed by atoms with E-state index in [1.807, 2.05) is 37.8 Å². The first-order valence-electron chi connectivity index (χ1n) is 7.22. The van der Waals surface area contributed by atoms with Crippen molar-refractivity contribution in [1.82, 2.24) is 15.1 Å². The Kier molecular flexibility index (Phi) is 3.71. The number of thiophene rings is 1. The van der Waals surface area contributed by atoms with Crippen LogP contribution in [0.1, 0.15) is 40.7 Å². The maximum atomic E-state index is 12.5. The predicted octanol–water partition coefficient (Wildman–Crippen LogP) is 3.77. The van der Waals surface area contributed by atoms with Crippen LogP contribution < -0.4 is 5.32 Å². The minimum atomic E-state index is -0.0145. The van der Waals surface area contributed by atoms with Crippen LogP contribution in [0.25, 0.3) is 0 Å². The molecule has 21 heavy (non-hydrogen) atoms. The normalized spacial score (nSPS) is 18.2. The van der Waals surface area contributed by atoms with E-state index in [1.54, 1.807) is 11.3 Å². The summed E-state index contributed by atoms with van der Waals surface area (Å²) < 4.78 is 0. The number of nitrogens with zero attached hydrogens (tertiary/aromatic N) is 2. The molecule has 5 nitrogen and oxygen atoms in total. The van der Waals surface area contributed by atoms with Gasteiger partial charge >= 0.3 is 6.03 Å². The van der Waals surface area contributed by atoms with Gasteiger partial charge in [0, 0.05) is 22.7 Å². The smallest absolute Gasteiger partial charge is 0.317 e. The Labute approximate surface area is 128 Å². The first-order valence-corrected chi connectivity index (χ1v) is 8.03. The van der Waals surface area contributed by atoms with Gasteiger partial charge in [0.2, 0.25) is 0 Å². The largest absolute Gasteiger partial charge is 0.322 e. The van der Waals surface area contributed by atoms with Crippen LogP contribution in [0.2, 0.25) is 0 Å². The van der Waals surface area contributed by atoms with Crippen molar-refractivity contribution in [2.24, 2.45) is 0 Å². The second kappa shape index (κ2) is 5.52. The topological polar surface area (TPSA) is 61.0 Å². The lowest BCUT2D eigenvalue weighted by Crippen LogP contribution is -2.34. The highest BCUT2D eigenvalue weighted by Crippen LogP contribution is 2.35. The van der Waals surface area contributed by atoms with Gasteiger partial charge in [-0.3, -0.25) is 10.4 Å². The molecule has 3 heterocycles. The minimum Gasteiger partial charge on any atom is -0.317 e. The minimum absolute atomic E-state index is 0.0145. The van der Waals surface area contributed by atoms with E-state index in [0.717, 1.165) is 35.8 Å². The van der Waals surface area contributed by atoms with E-state index < -0.39 is 0 Å². The lowest BCUT2D eigenvalue weighted by atomic mass is 10.0. The fraction of sp³-hybridized carbons (Fsp3) is 0.467. The Morgan fingerprint density at radius 2 is 2.24 bits per heavy atom. The van der Waals surface area contributed by atoms with Gasteiger partial charge in [0.25, 0.3) is 0 Å². The zero-order chi connectivity index (χ0) is 15.0. The average molecular weight is 304 g/mol. The molecule has 2 N–H and O–H groups in total. The Morgan fingerprint density at radius 1 is 1.43 bits per heavy atom. The first kappa shape index (κ1) is 14.1. The SMILES string of the molecule is Cc1ccc(NC(=O)N2CCCC2c2c(C)n[nH]c2C)s1. The lowest BCUT2D eigenvalue weighted by molar-refractivity contribution is 0.207. The zero-order valence-electron chi connectivity index (χ0n) is 12.6. The number of hydrogen-bond donors (Lipinski definition) is 2. The molecule has 6 heteroatoms. The van der Waals surface area contributed by atoms with E-state index in [9.17, 15) is 4.79 Å². The highest BCUT2D eigenvalue weighted by Gasteiger charge is 2.33. The lowest BCUT2D eigenvalue weighted by Gasteiger charge is -2.25. The van der Waals surface area contributed by atoms with Gasteiger partial charge in [0.1, 0.15) is 0 Å². The number of hydrogen-bond acceptors (Lipinski definition) is 3. The van der Waals surface area contributed by atoms with Crippen LogP contribution >= 0.6 is 11.3 Å². The van der Waals surface area contributed by atoms with Crippen molar-refractivity contribution >= 4 is 22.4 Å². The average Bonchev–Trinajstić information content (AvgIpc) is 3.12. The number of amides is 2. The molecule has 1 unspecified atom stereocenters. The third-order valence-electron chi connectivity index (χ3n) is 4.00. The summed E-state index contributed by atoms with van der Waals surface area (Å²) in [6.45, 7) is 6.85. The van der Waals surface area contributed by atoms with E-state index >= 15 is 0 Å². The molecule has 1 aliphatic heterocycles. The van der Waals surface area contributed by atoms with Crippen LogP contribution in [0.4, 0.5) is 9.80 Å². The summed E-state index contributed by atoms with van der Waals surface area (Å²) in [5.74, 6) is 0. The van der Waals surface area contributed by atoms with Gasteiger partial charge in [-0.05, 0) is 45.7 Å². The number of aromatic amines is 1. The summed E-state index contributed by atoms with van der Waals surface area (Å²) in [5.41, 5.74) is 3.22. The van der Waals surface area contributed by atoms with Gasteiger partial charge in [-0.2, -0.15) is 5.10 Å². The maximum absolute atomic E-state index is 12.5.